The van der Waals surface area contributed by atoms with Gasteiger partial charge in [0.15, 0.2) is 5.76 Å². The monoisotopic (exact) mass is 673 g/mol. The van der Waals surface area contributed by atoms with Crippen molar-refractivity contribution in [3.63, 3.8) is 0 Å². The summed E-state index contributed by atoms with van der Waals surface area (Å²) in [5.41, 5.74) is 3.05. The summed E-state index contributed by atoms with van der Waals surface area (Å²) in [5.74, 6) is 0.129. The summed E-state index contributed by atoms with van der Waals surface area (Å²) >= 11 is 8.83. The number of nitrogens with one attached hydrogen (secondary N) is 1. The lowest BCUT2D eigenvalue weighted by Crippen LogP contribution is -2.70. The van der Waals surface area contributed by atoms with Crippen LogP contribution in [-0.2, 0) is 25.7 Å². The second-order valence-electron chi connectivity index (χ2n) is 10.4. The summed E-state index contributed by atoms with van der Waals surface area (Å²) in [4.78, 5) is 42.4. The number of halogens is 1. The van der Waals surface area contributed by atoms with Gasteiger partial charge in [-0.15, -0.1) is 23.5 Å². The molecule has 1 aromatic heterocycles. The quantitative estimate of drug-likeness (QED) is 0.113. The Kier molecular flexibility index (Phi) is 9.53. The molecule has 2 aliphatic heterocycles. The van der Waals surface area contributed by atoms with E-state index in [1.165, 1.54) is 28.4 Å². The van der Waals surface area contributed by atoms with E-state index >= 15 is 0 Å². The molecule has 0 unspecified atom stereocenters. The van der Waals surface area contributed by atoms with E-state index in [0.717, 1.165) is 16.0 Å². The standard InChI is InChI=1S/C34H28ClN3O6S2/c1-20(28-16-27(37-44-28)22-10-12-23(35)13-11-22)26-18-46-33-30(36-29(39)19-45-25-6-4-3-5-7-25)32(40)38(33)31(26)34(41)43-17-21-8-14-24(42-2)15-9-21/h3-16,30,33H,1,17-19H2,2H3,(H,36,39)/t30-,33-/m1/s1. The highest BCUT2D eigenvalue weighted by atomic mass is 35.5. The van der Waals surface area contributed by atoms with Gasteiger partial charge in [0.2, 0.25) is 5.91 Å². The Balaban J connectivity index is 1.23. The molecule has 2 atom stereocenters. The molecule has 0 aliphatic carbocycles. The number of thioether (sulfide) groups is 2. The van der Waals surface area contributed by atoms with Crippen LogP contribution in [-0.4, -0.2) is 57.9 Å². The number of allylic oxidation sites excluding steroid dienone is 1. The number of amides is 2. The Morgan fingerprint density at radius 3 is 2.57 bits per heavy atom. The molecule has 3 aromatic carbocycles. The second kappa shape index (κ2) is 13.9. The summed E-state index contributed by atoms with van der Waals surface area (Å²) in [6.45, 7) is 4.19. The van der Waals surface area contributed by atoms with Gasteiger partial charge >= 0.3 is 5.97 Å². The molecule has 1 N–H and O–H groups in total. The van der Waals surface area contributed by atoms with Crippen molar-refractivity contribution in [3.8, 4) is 17.0 Å². The van der Waals surface area contributed by atoms with Crippen LogP contribution in [0.15, 0.2) is 112 Å². The van der Waals surface area contributed by atoms with Gasteiger partial charge < -0.3 is 19.3 Å². The van der Waals surface area contributed by atoms with E-state index in [2.05, 4.69) is 17.1 Å². The minimum atomic E-state index is -0.783. The lowest BCUT2D eigenvalue weighted by molar-refractivity contribution is -0.153. The molecule has 6 rings (SSSR count). The summed E-state index contributed by atoms with van der Waals surface area (Å²) in [5, 5.41) is 7.13. The van der Waals surface area contributed by atoms with Crippen molar-refractivity contribution in [2.45, 2.75) is 22.9 Å². The molecule has 234 valence electrons. The molecule has 1 fully saturated rings. The van der Waals surface area contributed by atoms with Crippen LogP contribution in [0.2, 0.25) is 5.02 Å². The van der Waals surface area contributed by atoms with E-state index in [-0.39, 0.29) is 24.0 Å². The molecule has 46 heavy (non-hydrogen) atoms. The molecule has 4 aromatic rings. The normalized spacial score (nSPS) is 17.2. The molecular weight excluding hydrogens is 646 g/mol. The number of methoxy groups -OCH3 is 1. The zero-order chi connectivity index (χ0) is 32.2. The predicted molar refractivity (Wildman–Crippen MR) is 178 cm³/mol. The fourth-order valence-corrected chi connectivity index (χ4v) is 7.22. The number of nitrogens with zero attached hydrogens (tertiary/aromatic N) is 2. The number of hydrogen-bond donors (Lipinski definition) is 1. The molecule has 0 radical (unpaired) electrons. The van der Waals surface area contributed by atoms with E-state index < -0.39 is 23.3 Å². The maximum atomic E-state index is 13.7. The number of β-lactam (4-membered cyclic amide) rings is 1. The van der Waals surface area contributed by atoms with E-state index in [4.69, 9.17) is 25.6 Å². The predicted octanol–water partition coefficient (Wildman–Crippen LogP) is 6.21. The highest BCUT2D eigenvalue weighted by molar-refractivity contribution is 8.00. The smallest absolute Gasteiger partial charge is 0.355 e. The third-order valence-corrected chi connectivity index (χ3v) is 9.98. The third kappa shape index (κ3) is 6.72. The first-order valence-electron chi connectivity index (χ1n) is 14.2. The Bertz CT molecular complexity index is 1810. The van der Waals surface area contributed by atoms with Gasteiger partial charge in [-0.3, -0.25) is 14.5 Å². The van der Waals surface area contributed by atoms with Gasteiger partial charge in [-0.1, -0.05) is 65.8 Å². The van der Waals surface area contributed by atoms with Crippen LogP contribution in [0.5, 0.6) is 5.75 Å². The van der Waals surface area contributed by atoms with Crippen molar-refractivity contribution in [1.82, 2.24) is 15.4 Å². The van der Waals surface area contributed by atoms with Gasteiger partial charge in [-0.2, -0.15) is 0 Å². The van der Waals surface area contributed by atoms with Gasteiger partial charge in [0.25, 0.3) is 5.91 Å². The van der Waals surface area contributed by atoms with Gasteiger partial charge in [0.05, 0.1) is 12.9 Å². The molecule has 1 saturated heterocycles. The number of ether oxygens (including phenoxy) is 2. The number of rotatable bonds is 11. The van der Waals surface area contributed by atoms with Crippen LogP contribution in [0.4, 0.5) is 0 Å². The maximum absolute atomic E-state index is 13.7. The number of hydrogen-bond acceptors (Lipinski definition) is 9. The summed E-state index contributed by atoms with van der Waals surface area (Å²) in [6, 6.07) is 24.8. The SMILES string of the molecule is C=C(C1=C(C(=O)OCc2ccc(OC)cc2)N2C(=O)[C@@H](NC(=O)CSc3ccccc3)[C@H]2SC1)c1cc(-c2ccc(Cl)cc2)no1. The fourth-order valence-electron chi connectivity index (χ4n) is 4.98. The average Bonchev–Trinajstić information content (AvgIpc) is 3.59. The third-order valence-electron chi connectivity index (χ3n) is 7.43. The second-order valence-corrected chi connectivity index (χ2v) is 13.0. The van der Waals surface area contributed by atoms with E-state index in [9.17, 15) is 14.4 Å². The zero-order valence-electron chi connectivity index (χ0n) is 24.6. The number of fused-ring (bicyclic) bond motifs is 1. The molecule has 0 bridgehead atoms. The maximum Gasteiger partial charge on any atom is 0.355 e. The van der Waals surface area contributed by atoms with Crippen molar-refractivity contribution < 1.29 is 28.4 Å². The average molecular weight is 674 g/mol. The molecule has 0 saturated carbocycles. The van der Waals surface area contributed by atoms with Gasteiger partial charge in [-0.05, 0) is 42.0 Å². The molecule has 3 heterocycles. The number of esters is 1. The largest absolute Gasteiger partial charge is 0.497 e. The van der Waals surface area contributed by atoms with Crippen LogP contribution in [0.1, 0.15) is 11.3 Å². The molecule has 2 amide bonds. The number of carbonyl (C=O) groups excluding carboxylic acids is 3. The van der Waals surface area contributed by atoms with Crippen molar-refractivity contribution in [2.24, 2.45) is 0 Å². The van der Waals surface area contributed by atoms with Crippen LogP contribution in [0, 0.1) is 0 Å². The Morgan fingerprint density at radius 1 is 1.11 bits per heavy atom. The van der Waals surface area contributed by atoms with E-state index in [1.54, 1.807) is 49.6 Å². The highest BCUT2D eigenvalue weighted by Gasteiger charge is 2.54. The van der Waals surface area contributed by atoms with Crippen molar-refractivity contribution in [2.75, 3.05) is 18.6 Å². The lowest BCUT2D eigenvalue weighted by atomic mass is 9.98. The van der Waals surface area contributed by atoms with Crippen LogP contribution in [0.25, 0.3) is 16.8 Å². The van der Waals surface area contributed by atoms with Gasteiger partial charge in [0.1, 0.15) is 35.2 Å². The fraction of sp³-hybridized carbons (Fsp3) is 0.176. The minimum absolute atomic E-state index is 0.0220. The molecule has 0 spiro atoms. The van der Waals surface area contributed by atoms with Crippen LogP contribution < -0.4 is 10.1 Å². The zero-order valence-corrected chi connectivity index (χ0v) is 27.0. The summed E-state index contributed by atoms with van der Waals surface area (Å²) in [7, 11) is 1.57. The van der Waals surface area contributed by atoms with Crippen molar-refractivity contribution in [3.05, 3.63) is 119 Å². The number of aromatic nitrogens is 1. The molecule has 12 heteroatoms. The first kappa shape index (κ1) is 31.5. The molecule has 2 aliphatic rings. The Hall–Kier alpha value is -4.45. The van der Waals surface area contributed by atoms with Gasteiger partial charge in [-0.25, -0.2) is 4.79 Å². The minimum Gasteiger partial charge on any atom is -0.497 e. The Morgan fingerprint density at radius 2 is 1.85 bits per heavy atom. The topological polar surface area (TPSA) is 111 Å². The van der Waals surface area contributed by atoms with Crippen LogP contribution >= 0.6 is 35.1 Å². The first-order valence-corrected chi connectivity index (χ1v) is 16.6. The van der Waals surface area contributed by atoms with Crippen molar-refractivity contribution >= 4 is 58.5 Å². The van der Waals surface area contributed by atoms with E-state index in [1.807, 2.05) is 42.5 Å². The summed E-state index contributed by atoms with van der Waals surface area (Å²) < 4.78 is 16.6. The first-order chi connectivity index (χ1) is 22.3. The van der Waals surface area contributed by atoms with Gasteiger partial charge in [0, 0.05) is 38.4 Å². The lowest BCUT2D eigenvalue weighted by Gasteiger charge is -2.49. The summed E-state index contributed by atoms with van der Waals surface area (Å²) in [6.07, 6.45) is 0. The van der Waals surface area contributed by atoms with Crippen molar-refractivity contribution in [1.29, 1.82) is 0 Å². The number of carbonyl (C=O) groups is 3. The van der Waals surface area contributed by atoms with E-state index in [0.29, 0.717) is 39.1 Å². The molecule has 9 nitrogen and oxygen atoms in total. The molecular formula is C34H28ClN3O6S2. The highest BCUT2D eigenvalue weighted by Crippen LogP contribution is 2.44. The number of benzene rings is 3. The van der Waals surface area contributed by atoms with Crippen LogP contribution in [0.3, 0.4) is 0 Å². The Labute approximate surface area is 278 Å².